The minimum absolute atomic E-state index is 0.695. The zero-order valence-electron chi connectivity index (χ0n) is 11.5. The van der Waals surface area contributed by atoms with Gasteiger partial charge in [-0.2, -0.15) is 0 Å². The van der Waals surface area contributed by atoms with Crippen molar-refractivity contribution in [2.24, 2.45) is 0 Å². The van der Waals surface area contributed by atoms with Crippen molar-refractivity contribution in [3.8, 4) is 0 Å². The van der Waals surface area contributed by atoms with Crippen LogP contribution in [0.15, 0.2) is 24.3 Å². The van der Waals surface area contributed by atoms with Crippen LogP contribution in [0.4, 0.5) is 5.82 Å². The number of benzene rings is 1. The van der Waals surface area contributed by atoms with Gasteiger partial charge in [0.2, 0.25) is 0 Å². The van der Waals surface area contributed by atoms with Crippen LogP contribution in [0.2, 0.25) is 5.02 Å². The minimum atomic E-state index is 0.695. The maximum absolute atomic E-state index is 6.00. The van der Waals surface area contributed by atoms with E-state index in [4.69, 9.17) is 11.6 Å². The SMILES string of the molecule is CCNc1nc(Cc2cccc(Cl)c2)nc(C)c1C. The molecule has 0 spiro atoms. The van der Waals surface area contributed by atoms with Gasteiger partial charge in [0, 0.05) is 29.2 Å². The first-order valence-corrected chi connectivity index (χ1v) is 6.80. The molecular formula is C15H18ClN3. The molecule has 0 aliphatic rings. The Labute approximate surface area is 119 Å². The fourth-order valence-corrected chi connectivity index (χ4v) is 2.15. The van der Waals surface area contributed by atoms with Gasteiger partial charge in [0.1, 0.15) is 11.6 Å². The monoisotopic (exact) mass is 275 g/mol. The molecule has 1 heterocycles. The summed E-state index contributed by atoms with van der Waals surface area (Å²) in [6.45, 7) is 6.97. The number of hydrogen-bond donors (Lipinski definition) is 1. The van der Waals surface area contributed by atoms with Crippen LogP contribution in [-0.2, 0) is 6.42 Å². The van der Waals surface area contributed by atoms with Gasteiger partial charge in [-0.1, -0.05) is 23.7 Å². The van der Waals surface area contributed by atoms with E-state index in [-0.39, 0.29) is 0 Å². The van der Waals surface area contributed by atoms with Crippen molar-refractivity contribution < 1.29 is 0 Å². The molecule has 3 nitrogen and oxygen atoms in total. The molecule has 1 aromatic carbocycles. The number of nitrogens with zero attached hydrogens (tertiary/aromatic N) is 2. The zero-order chi connectivity index (χ0) is 13.8. The lowest BCUT2D eigenvalue weighted by molar-refractivity contribution is 0.923. The summed E-state index contributed by atoms with van der Waals surface area (Å²) in [5.41, 5.74) is 3.25. The van der Waals surface area contributed by atoms with Crippen LogP contribution in [0.5, 0.6) is 0 Å². The van der Waals surface area contributed by atoms with Gasteiger partial charge in [0.05, 0.1) is 0 Å². The highest BCUT2D eigenvalue weighted by Gasteiger charge is 2.08. The highest BCUT2D eigenvalue weighted by molar-refractivity contribution is 6.30. The lowest BCUT2D eigenvalue weighted by Crippen LogP contribution is -2.08. The smallest absolute Gasteiger partial charge is 0.135 e. The molecule has 0 amide bonds. The van der Waals surface area contributed by atoms with Crippen LogP contribution < -0.4 is 5.32 Å². The third-order valence-electron chi connectivity index (χ3n) is 3.03. The van der Waals surface area contributed by atoms with Crippen molar-refractivity contribution in [1.29, 1.82) is 0 Å². The molecule has 0 radical (unpaired) electrons. The van der Waals surface area contributed by atoms with E-state index in [0.29, 0.717) is 6.42 Å². The summed E-state index contributed by atoms with van der Waals surface area (Å²) in [5.74, 6) is 1.74. The van der Waals surface area contributed by atoms with E-state index in [1.165, 1.54) is 0 Å². The number of rotatable bonds is 4. The summed E-state index contributed by atoms with van der Waals surface area (Å²) in [7, 11) is 0. The lowest BCUT2D eigenvalue weighted by atomic mass is 10.1. The van der Waals surface area contributed by atoms with Gasteiger partial charge < -0.3 is 5.32 Å². The third kappa shape index (κ3) is 3.44. The number of aromatic nitrogens is 2. The first-order valence-electron chi connectivity index (χ1n) is 6.42. The van der Waals surface area contributed by atoms with Crippen molar-refractivity contribution in [2.75, 3.05) is 11.9 Å². The van der Waals surface area contributed by atoms with E-state index in [0.717, 1.165) is 40.0 Å². The summed E-state index contributed by atoms with van der Waals surface area (Å²) in [5, 5.41) is 4.02. The van der Waals surface area contributed by atoms with Crippen molar-refractivity contribution in [1.82, 2.24) is 9.97 Å². The molecule has 0 aliphatic heterocycles. The highest BCUT2D eigenvalue weighted by atomic mass is 35.5. The zero-order valence-corrected chi connectivity index (χ0v) is 12.3. The molecule has 0 saturated carbocycles. The summed E-state index contributed by atoms with van der Waals surface area (Å²) in [6.07, 6.45) is 0.695. The molecule has 2 aromatic rings. The van der Waals surface area contributed by atoms with Gasteiger partial charge in [-0.3, -0.25) is 0 Å². The summed E-state index contributed by atoms with van der Waals surface area (Å²) >= 11 is 6.00. The summed E-state index contributed by atoms with van der Waals surface area (Å²) < 4.78 is 0. The number of aryl methyl sites for hydroxylation is 1. The van der Waals surface area contributed by atoms with Crippen molar-refractivity contribution in [3.63, 3.8) is 0 Å². The van der Waals surface area contributed by atoms with Gasteiger partial charge in [-0.25, -0.2) is 9.97 Å². The Morgan fingerprint density at radius 1 is 1.21 bits per heavy atom. The van der Waals surface area contributed by atoms with Crippen LogP contribution in [0.25, 0.3) is 0 Å². The number of anilines is 1. The fourth-order valence-electron chi connectivity index (χ4n) is 1.93. The second-order valence-corrected chi connectivity index (χ2v) is 4.97. The second-order valence-electron chi connectivity index (χ2n) is 4.54. The Kier molecular flexibility index (Phi) is 4.38. The van der Waals surface area contributed by atoms with Crippen LogP contribution in [0, 0.1) is 13.8 Å². The Hall–Kier alpha value is -1.61. The lowest BCUT2D eigenvalue weighted by Gasteiger charge is -2.11. The van der Waals surface area contributed by atoms with E-state index in [9.17, 15) is 0 Å². The molecule has 0 unspecified atom stereocenters. The molecular weight excluding hydrogens is 258 g/mol. The molecule has 0 saturated heterocycles. The van der Waals surface area contributed by atoms with Gasteiger partial charge in [-0.15, -0.1) is 0 Å². The Morgan fingerprint density at radius 3 is 2.68 bits per heavy atom. The molecule has 1 aromatic heterocycles. The minimum Gasteiger partial charge on any atom is -0.370 e. The standard InChI is InChI=1S/C15H18ClN3/c1-4-17-15-10(2)11(3)18-14(19-15)9-12-6-5-7-13(16)8-12/h5-8H,4,9H2,1-3H3,(H,17,18,19). The van der Waals surface area contributed by atoms with Crippen LogP contribution >= 0.6 is 11.6 Å². The first-order chi connectivity index (χ1) is 9.10. The average molecular weight is 276 g/mol. The Balaban J connectivity index is 2.30. The third-order valence-corrected chi connectivity index (χ3v) is 3.27. The normalized spacial score (nSPS) is 10.5. The number of halogens is 1. The van der Waals surface area contributed by atoms with E-state index in [2.05, 4.69) is 22.2 Å². The number of hydrogen-bond acceptors (Lipinski definition) is 3. The van der Waals surface area contributed by atoms with Crippen molar-refractivity contribution in [3.05, 3.63) is 51.9 Å². The van der Waals surface area contributed by atoms with E-state index in [1.807, 2.05) is 38.1 Å². The maximum Gasteiger partial charge on any atom is 0.135 e. The van der Waals surface area contributed by atoms with Gasteiger partial charge in [0.25, 0.3) is 0 Å². The number of nitrogens with one attached hydrogen (secondary N) is 1. The predicted octanol–water partition coefficient (Wildman–Crippen LogP) is 3.77. The molecule has 0 fully saturated rings. The van der Waals surface area contributed by atoms with Crippen LogP contribution in [0.1, 0.15) is 29.6 Å². The van der Waals surface area contributed by atoms with Crippen LogP contribution in [0.3, 0.4) is 0 Å². The average Bonchev–Trinajstić information content (AvgIpc) is 2.35. The van der Waals surface area contributed by atoms with Gasteiger partial charge >= 0.3 is 0 Å². The predicted molar refractivity (Wildman–Crippen MR) is 79.9 cm³/mol. The molecule has 4 heteroatoms. The largest absolute Gasteiger partial charge is 0.370 e. The molecule has 1 N–H and O–H groups in total. The molecule has 2 rings (SSSR count). The maximum atomic E-state index is 6.00. The van der Waals surface area contributed by atoms with E-state index < -0.39 is 0 Å². The van der Waals surface area contributed by atoms with Gasteiger partial charge in [0.15, 0.2) is 0 Å². The molecule has 0 atom stereocenters. The van der Waals surface area contributed by atoms with Crippen molar-refractivity contribution >= 4 is 17.4 Å². The highest BCUT2D eigenvalue weighted by Crippen LogP contribution is 2.18. The quantitative estimate of drug-likeness (QED) is 0.923. The van der Waals surface area contributed by atoms with Crippen molar-refractivity contribution in [2.45, 2.75) is 27.2 Å². The molecule has 100 valence electrons. The van der Waals surface area contributed by atoms with E-state index in [1.54, 1.807) is 0 Å². The Bertz CT molecular complexity index is 582. The summed E-state index contributed by atoms with van der Waals surface area (Å²) in [4.78, 5) is 9.13. The van der Waals surface area contributed by atoms with E-state index >= 15 is 0 Å². The second kappa shape index (κ2) is 6.02. The van der Waals surface area contributed by atoms with Crippen LogP contribution in [-0.4, -0.2) is 16.5 Å². The summed E-state index contributed by atoms with van der Waals surface area (Å²) in [6, 6.07) is 7.81. The molecule has 19 heavy (non-hydrogen) atoms. The van der Waals surface area contributed by atoms with Gasteiger partial charge in [-0.05, 0) is 38.5 Å². The fraction of sp³-hybridized carbons (Fsp3) is 0.333. The first kappa shape index (κ1) is 13.8. The molecule has 0 aliphatic carbocycles. The molecule has 0 bridgehead atoms. The Morgan fingerprint density at radius 2 is 2.00 bits per heavy atom. The topological polar surface area (TPSA) is 37.8 Å².